The van der Waals surface area contributed by atoms with E-state index in [9.17, 15) is 4.79 Å². The molecule has 0 spiro atoms. The van der Waals surface area contributed by atoms with Gasteiger partial charge in [-0.1, -0.05) is 48.0 Å². The summed E-state index contributed by atoms with van der Waals surface area (Å²) in [6.45, 7) is 4.11. The smallest absolute Gasteiger partial charge is 0.324 e. The first kappa shape index (κ1) is 17.2. The molecule has 0 N–H and O–H groups in total. The van der Waals surface area contributed by atoms with E-state index >= 15 is 0 Å². The molecule has 6 heteroatoms. The molecule has 0 aliphatic carbocycles. The second kappa shape index (κ2) is 7.98. The maximum absolute atomic E-state index is 12.3. The van der Waals surface area contributed by atoms with Crippen molar-refractivity contribution in [2.24, 2.45) is 0 Å². The van der Waals surface area contributed by atoms with E-state index < -0.39 is 5.25 Å². The molecule has 3 aromatic rings. The van der Waals surface area contributed by atoms with E-state index in [4.69, 9.17) is 9.15 Å². The standard InChI is InChI=1S/C19H18N2O3S/c1-3-23-18(22)16(14-9-5-4-6-10-14)25-19-21-20-17(24-19)15-11-7-8-13(2)12-15/h4-12,16H,3H2,1-2H3/t16-/m1/s1. The Balaban J connectivity index is 1.84. The van der Waals surface area contributed by atoms with Gasteiger partial charge in [0.2, 0.25) is 5.89 Å². The lowest BCUT2D eigenvalue weighted by atomic mass is 10.1. The number of aromatic nitrogens is 2. The van der Waals surface area contributed by atoms with E-state index in [0.29, 0.717) is 17.7 Å². The number of hydrogen-bond acceptors (Lipinski definition) is 6. The third kappa shape index (κ3) is 4.28. The van der Waals surface area contributed by atoms with Crippen molar-refractivity contribution in [3.63, 3.8) is 0 Å². The summed E-state index contributed by atoms with van der Waals surface area (Å²) in [5.74, 6) is 0.107. The Morgan fingerprint density at radius 1 is 1.16 bits per heavy atom. The number of carbonyl (C=O) groups excluding carboxylic acids is 1. The van der Waals surface area contributed by atoms with Gasteiger partial charge in [0.1, 0.15) is 5.25 Å². The van der Waals surface area contributed by atoms with Gasteiger partial charge in [0.25, 0.3) is 5.22 Å². The van der Waals surface area contributed by atoms with Crippen molar-refractivity contribution in [1.29, 1.82) is 0 Å². The van der Waals surface area contributed by atoms with Gasteiger partial charge in [0, 0.05) is 5.56 Å². The minimum atomic E-state index is -0.549. The van der Waals surface area contributed by atoms with Crippen LogP contribution in [-0.2, 0) is 9.53 Å². The molecule has 0 radical (unpaired) electrons. The molecule has 1 heterocycles. The maximum Gasteiger partial charge on any atom is 0.324 e. The zero-order valence-electron chi connectivity index (χ0n) is 14.0. The largest absolute Gasteiger partial charge is 0.465 e. The third-order valence-corrected chi connectivity index (χ3v) is 4.56. The lowest BCUT2D eigenvalue weighted by Crippen LogP contribution is -2.13. The highest BCUT2D eigenvalue weighted by Gasteiger charge is 2.26. The summed E-state index contributed by atoms with van der Waals surface area (Å²) < 4.78 is 10.9. The Bertz CT molecular complexity index is 849. The molecule has 25 heavy (non-hydrogen) atoms. The van der Waals surface area contributed by atoms with Crippen LogP contribution in [-0.4, -0.2) is 22.8 Å². The van der Waals surface area contributed by atoms with Crippen molar-refractivity contribution >= 4 is 17.7 Å². The van der Waals surface area contributed by atoms with Gasteiger partial charge in [-0.25, -0.2) is 0 Å². The van der Waals surface area contributed by atoms with Crippen LogP contribution in [0.3, 0.4) is 0 Å². The topological polar surface area (TPSA) is 65.2 Å². The molecule has 128 valence electrons. The number of benzene rings is 2. The summed E-state index contributed by atoms with van der Waals surface area (Å²) in [4.78, 5) is 12.3. The van der Waals surface area contributed by atoms with E-state index in [0.717, 1.165) is 16.7 Å². The first-order valence-electron chi connectivity index (χ1n) is 7.96. The average molecular weight is 354 g/mol. The quantitative estimate of drug-likeness (QED) is 0.481. The van der Waals surface area contributed by atoms with E-state index in [1.165, 1.54) is 11.8 Å². The van der Waals surface area contributed by atoms with Crippen LogP contribution in [0.15, 0.2) is 64.2 Å². The molecule has 2 aromatic carbocycles. The molecular weight excluding hydrogens is 336 g/mol. The first-order chi connectivity index (χ1) is 12.2. The summed E-state index contributed by atoms with van der Waals surface area (Å²) in [6, 6.07) is 17.3. The van der Waals surface area contributed by atoms with Crippen LogP contribution in [0, 0.1) is 6.92 Å². The first-order valence-corrected chi connectivity index (χ1v) is 8.84. The Morgan fingerprint density at radius 3 is 2.68 bits per heavy atom. The Hall–Kier alpha value is -2.60. The molecule has 0 amide bonds. The van der Waals surface area contributed by atoms with Crippen LogP contribution in [0.2, 0.25) is 0 Å². The highest BCUT2D eigenvalue weighted by Crippen LogP contribution is 2.36. The van der Waals surface area contributed by atoms with Gasteiger partial charge in [0.05, 0.1) is 6.61 Å². The Kier molecular flexibility index (Phi) is 5.50. The Labute approximate surface area is 150 Å². The molecule has 1 aromatic heterocycles. The monoisotopic (exact) mass is 354 g/mol. The fraction of sp³-hybridized carbons (Fsp3) is 0.211. The molecule has 0 saturated heterocycles. The van der Waals surface area contributed by atoms with Crippen LogP contribution in [0.25, 0.3) is 11.5 Å². The molecule has 0 saturated carbocycles. The average Bonchev–Trinajstić information content (AvgIpc) is 3.09. The van der Waals surface area contributed by atoms with Gasteiger partial charge in [-0.3, -0.25) is 4.79 Å². The zero-order valence-corrected chi connectivity index (χ0v) is 14.8. The molecule has 0 unspecified atom stereocenters. The highest BCUT2D eigenvalue weighted by molar-refractivity contribution is 8.00. The summed E-state index contributed by atoms with van der Waals surface area (Å²) in [5.41, 5.74) is 2.80. The summed E-state index contributed by atoms with van der Waals surface area (Å²) in [6.07, 6.45) is 0. The minimum absolute atomic E-state index is 0.321. The predicted octanol–water partition coefficient (Wildman–Crippen LogP) is 4.44. The van der Waals surface area contributed by atoms with Crippen molar-refractivity contribution in [2.45, 2.75) is 24.3 Å². The number of ether oxygens (including phenoxy) is 1. The van der Waals surface area contributed by atoms with Gasteiger partial charge >= 0.3 is 5.97 Å². The van der Waals surface area contributed by atoms with Crippen molar-refractivity contribution in [3.05, 3.63) is 65.7 Å². The van der Waals surface area contributed by atoms with Crippen LogP contribution < -0.4 is 0 Å². The molecule has 1 atom stereocenters. The van der Waals surface area contributed by atoms with Gasteiger partial charge in [-0.05, 0) is 43.3 Å². The van der Waals surface area contributed by atoms with Crippen molar-refractivity contribution in [1.82, 2.24) is 10.2 Å². The van der Waals surface area contributed by atoms with Crippen LogP contribution in [0.5, 0.6) is 0 Å². The van der Waals surface area contributed by atoms with Gasteiger partial charge in [0.15, 0.2) is 0 Å². The number of aryl methyl sites for hydroxylation is 1. The van der Waals surface area contributed by atoms with E-state index in [-0.39, 0.29) is 5.97 Å². The molecule has 0 aliphatic heterocycles. The van der Waals surface area contributed by atoms with Gasteiger partial charge in [-0.2, -0.15) is 0 Å². The van der Waals surface area contributed by atoms with Gasteiger partial charge in [-0.15, -0.1) is 10.2 Å². The normalized spacial score (nSPS) is 11.9. The fourth-order valence-corrected chi connectivity index (χ4v) is 3.23. The van der Waals surface area contributed by atoms with E-state index in [1.54, 1.807) is 6.92 Å². The van der Waals surface area contributed by atoms with E-state index in [1.807, 2.05) is 61.5 Å². The highest BCUT2D eigenvalue weighted by atomic mass is 32.2. The van der Waals surface area contributed by atoms with Crippen LogP contribution in [0.4, 0.5) is 0 Å². The Morgan fingerprint density at radius 2 is 1.96 bits per heavy atom. The lowest BCUT2D eigenvalue weighted by Gasteiger charge is -2.13. The number of hydrogen-bond donors (Lipinski definition) is 0. The maximum atomic E-state index is 12.3. The number of thioether (sulfide) groups is 1. The zero-order chi connectivity index (χ0) is 17.6. The summed E-state index contributed by atoms with van der Waals surface area (Å²) >= 11 is 1.19. The molecule has 3 rings (SSSR count). The lowest BCUT2D eigenvalue weighted by molar-refractivity contribution is -0.142. The number of carbonyl (C=O) groups is 1. The van der Waals surface area contributed by atoms with Crippen molar-refractivity contribution < 1.29 is 13.9 Å². The van der Waals surface area contributed by atoms with Crippen LogP contribution >= 0.6 is 11.8 Å². The SMILES string of the molecule is CCOC(=O)[C@H](Sc1nnc(-c2cccc(C)c2)o1)c1ccccc1. The third-order valence-electron chi connectivity index (χ3n) is 3.49. The van der Waals surface area contributed by atoms with Gasteiger partial charge < -0.3 is 9.15 Å². The van der Waals surface area contributed by atoms with Crippen molar-refractivity contribution in [2.75, 3.05) is 6.61 Å². The minimum Gasteiger partial charge on any atom is -0.465 e. The molecule has 0 fully saturated rings. The molecule has 0 aliphatic rings. The van der Waals surface area contributed by atoms with Crippen molar-refractivity contribution in [3.8, 4) is 11.5 Å². The molecule has 5 nitrogen and oxygen atoms in total. The number of nitrogens with zero attached hydrogens (tertiary/aromatic N) is 2. The summed E-state index contributed by atoms with van der Waals surface area (Å²) in [5, 5.41) is 7.94. The number of esters is 1. The number of rotatable bonds is 6. The second-order valence-corrected chi connectivity index (χ2v) is 6.46. The van der Waals surface area contributed by atoms with E-state index in [2.05, 4.69) is 10.2 Å². The van der Waals surface area contributed by atoms with Crippen LogP contribution in [0.1, 0.15) is 23.3 Å². The predicted molar refractivity (Wildman–Crippen MR) is 96.1 cm³/mol. The second-order valence-electron chi connectivity index (χ2n) is 5.40. The molecule has 0 bridgehead atoms. The molecular formula is C19H18N2O3S. The summed E-state index contributed by atoms with van der Waals surface area (Å²) in [7, 11) is 0. The fourth-order valence-electron chi connectivity index (χ4n) is 2.35.